The molecule has 3 heteroatoms. The first kappa shape index (κ1) is 11.5. The Labute approximate surface area is 86.1 Å². The van der Waals surface area contributed by atoms with Gasteiger partial charge < -0.3 is 10.0 Å². The van der Waals surface area contributed by atoms with E-state index in [0.717, 1.165) is 32.2 Å². The van der Waals surface area contributed by atoms with Gasteiger partial charge >= 0.3 is 0 Å². The lowest BCUT2D eigenvalue weighted by Gasteiger charge is -2.34. The Hall–Kier alpha value is -0.570. The first-order chi connectivity index (χ1) is 6.63. The third-order valence-electron chi connectivity index (χ3n) is 2.91. The Morgan fingerprint density at radius 1 is 1.50 bits per heavy atom. The van der Waals surface area contributed by atoms with Crippen LogP contribution in [0.1, 0.15) is 39.0 Å². The number of hydrogen-bond acceptors (Lipinski definition) is 2. The molecule has 0 saturated heterocycles. The molecule has 0 bridgehead atoms. The van der Waals surface area contributed by atoms with Gasteiger partial charge in [-0.3, -0.25) is 4.79 Å². The second-order valence-corrected chi connectivity index (χ2v) is 4.37. The zero-order valence-corrected chi connectivity index (χ0v) is 9.20. The van der Waals surface area contributed by atoms with E-state index in [1.807, 2.05) is 11.9 Å². The number of carbonyl (C=O) groups excluding carboxylic acids is 1. The van der Waals surface area contributed by atoms with Crippen molar-refractivity contribution in [2.75, 3.05) is 13.6 Å². The average molecular weight is 199 g/mol. The standard InChI is InChI=1S/C11H21NO2/c1-3-4-5-11(14)12(2)8-9-6-10(13)7-9/h9-10,13H,3-8H2,1-2H3. The minimum Gasteiger partial charge on any atom is -0.393 e. The van der Waals surface area contributed by atoms with E-state index in [4.69, 9.17) is 5.11 Å². The van der Waals surface area contributed by atoms with Gasteiger partial charge in [-0.15, -0.1) is 0 Å². The van der Waals surface area contributed by atoms with Crippen LogP contribution in [0.5, 0.6) is 0 Å². The quantitative estimate of drug-likeness (QED) is 0.727. The molecule has 3 nitrogen and oxygen atoms in total. The van der Waals surface area contributed by atoms with Crippen LogP contribution in [0, 0.1) is 5.92 Å². The molecular weight excluding hydrogens is 178 g/mol. The molecule has 0 spiro atoms. The topological polar surface area (TPSA) is 40.5 Å². The molecule has 82 valence electrons. The minimum absolute atomic E-state index is 0.112. The molecule has 0 atom stereocenters. The van der Waals surface area contributed by atoms with E-state index in [1.54, 1.807) is 0 Å². The summed E-state index contributed by atoms with van der Waals surface area (Å²) in [7, 11) is 1.86. The van der Waals surface area contributed by atoms with Gasteiger partial charge in [-0.25, -0.2) is 0 Å². The van der Waals surface area contributed by atoms with Crippen molar-refractivity contribution in [1.29, 1.82) is 0 Å². The lowest BCUT2D eigenvalue weighted by Crippen LogP contribution is -2.39. The molecule has 0 radical (unpaired) electrons. The molecule has 0 heterocycles. The smallest absolute Gasteiger partial charge is 0.222 e. The van der Waals surface area contributed by atoms with Crippen molar-refractivity contribution < 1.29 is 9.90 Å². The Morgan fingerprint density at radius 2 is 2.14 bits per heavy atom. The molecule has 1 aliphatic rings. The van der Waals surface area contributed by atoms with E-state index in [1.165, 1.54) is 0 Å². The van der Waals surface area contributed by atoms with Crippen LogP contribution in [-0.4, -0.2) is 35.6 Å². The summed E-state index contributed by atoms with van der Waals surface area (Å²) < 4.78 is 0. The Kier molecular flexibility index (Phi) is 4.39. The molecule has 1 rings (SSSR count). The summed E-state index contributed by atoms with van der Waals surface area (Å²) in [6.45, 7) is 2.91. The molecule has 0 unspecified atom stereocenters. The molecule has 1 saturated carbocycles. The number of rotatable bonds is 5. The fraction of sp³-hybridized carbons (Fsp3) is 0.909. The highest BCUT2D eigenvalue weighted by Gasteiger charge is 2.28. The monoisotopic (exact) mass is 199 g/mol. The number of carbonyl (C=O) groups is 1. The highest BCUT2D eigenvalue weighted by atomic mass is 16.3. The third-order valence-corrected chi connectivity index (χ3v) is 2.91. The summed E-state index contributed by atoms with van der Waals surface area (Å²) >= 11 is 0. The van der Waals surface area contributed by atoms with Gasteiger partial charge in [-0.05, 0) is 25.2 Å². The van der Waals surface area contributed by atoms with Crippen LogP contribution in [0.25, 0.3) is 0 Å². The van der Waals surface area contributed by atoms with E-state index in [2.05, 4.69) is 6.92 Å². The molecule has 1 amide bonds. The van der Waals surface area contributed by atoms with Crippen molar-refractivity contribution in [3.05, 3.63) is 0 Å². The van der Waals surface area contributed by atoms with Gasteiger partial charge in [0.1, 0.15) is 0 Å². The second kappa shape index (κ2) is 5.35. The highest BCUT2D eigenvalue weighted by Crippen LogP contribution is 2.27. The van der Waals surface area contributed by atoms with E-state index >= 15 is 0 Å². The molecule has 1 aliphatic carbocycles. The van der Waals surface area contributed by atoms with Crippen LogP contribution in [-0.2, 0) is 4.79 Å². The largest absolute Gasteiger partial charge is 0.393 e. The van der Waals surface area contributed by atoms with Crippen LogP contribution in [0.3, 0.4) is 0 Å². The lowest BCUT2D eigenvalue weighted by molar-refractivity contribution is -0.131. The number of aliphatic hydroxyl groups excluding tert-OH is 1. The zero-order valence-electron chi connectivity index (χ0n) is 9.20. The summed E-state index contributed by atoms with van der Waals surface area (Å²) in [4.78, 5) is 13.3. The maximum Gasteiger partial charge on any atom is 0.222 e. The van der Waals surface area contributed by atoms with Crippen LogP contribution in [0.4, 0.5) is 0 Å². The van der Waals surface area contributed by atoms with Gasteiger partial charge in [0.2, 0.25) is 5.91 Å². The lowest BCUT2D eigenvalue weighted by atomic mass is 9.82. The Morgan fingerprint density at radius 3 is 2.64 bits per heavy atom. The molecule has 0 aliphatic heterocycles. The van der Waals surface area contributed by atoms with Gasteiger partial charge in [0.25, 0.3) is 0 Å². The van der Waals surface area contributed by atoms with E-state index in [-0.39, 0.29) is 12.0 Å². The zero-order chi connectivity index (χ0) is 10.6. The molecule has 1 N–H and O–H groups in total. The van der Waals surface area contributed by atoms with Crippen LogP contribution < -0.4 is 0 Å². The number of unbranched alkanes of at least 4 members (excludes halogenated alkanes) is 1. The predicted molar refractivity (Wildman–Crippen MR) is 55.9 cm³/mol. The SMILES string of the molecule is CCCCC(=O)N(C)CC1CC(O)C1. The van der Waals surface area contributed by atoms with Gasteiger partial charge in [-0.2, -0.15) is 0 Å². The number of amides is 1. The van der Waals surface area contributed by atoms with E-state index in [9.17, 15) is 4.79 Å². The Bertz CT molecular complexity index is 188. The highest BCUT2D eigenvalue weighted by molar-refractivity contribution is 5.75. The summed E-state index contributed by atoms with van der Waals surface area (Å²) in [5.41, 5.74) is 0. The summed E-state index contributed by atoms with van der Waals surface area (Å²) in [5, 5.41) is 9.11. The van der Waals surface area contributed by atoms with Crippen molar-refractivity contribution in [2.45, 2.75) is 45.1 Å². The van der Waals surface area contributed by atoms with Crippen LogP contribution in [0.2, 0.25) is 0 Å². The van der Waals surface area contributed by atoms with Crippen molar-refractivity contribution in [1.82, 2.24) is 4.90 Å². The predicted octanol–water partition coefficient (Wildman–Crippen LogP) is 1.41. The summed E-state index contributed by atoms with van der Waals surface area (Å²) in [6.07, 6.45) is 4.34. The van der Waals surface area contributed by atoms with Crippen molar-refractivity contribution in [2.24, 2.45) is 5.92 Å². The van der Waals surface area contributed by atoms with Crippen LogP contribution in [0.15, 0.2) is 0 Å². The normalized spacial score (nSPS) is 25.6. The van der Waals surface area contributed by atoms with Gasteiger partial charge in [0.05, 0.1) is 6.10 Å². The van der Waals surface area contributed by atoms with Crippen molar-refractivity contribution in [3.63, 3.8) is 0 Å². The van der Waals surface area contributed by atoms with E-state index < -0.39 is 0 Å². The van der Waals surface area contributed by atoms with E-state index in [0.29, 0.717) is 12.3 Å². The molecule has 0 aromatic carbocycles. The van der Waals surface area contributed by atoms with Crippen molar-refractivity contribution >= 4 is 5.91 Å². The fourth-order valence-electron chi connectivity index (χ4n) is 1.86. The first-order valence-corrected chi connectivity index (χ1v) is 5.55. The molecule has 0 aromatic heterocycles. The average Bonchev–Trinajstić information content (AvgIpc) is 2.11. The first-order valence-electron chi connectivity index (χ1n) is 5.55. The second-order valence-electron chi connectivity index (χ2n) is 4.37. The number of aliphatic hydroxyl groups is 1. The minimum atomic E-state index is -0.112. The summed E-state index contributed by atoms with van der Waals surface area (Å²) in [6, 6.07) is 0. The van der Waals surface area contributed by atoms with Gasteiger partial charge in [-0.1, -0.05) is 13.3 Å². The number of hydrogen-bond donors (Lipinski definition) is 1. The van der Waals surface area contributed by atoms with Crippen molar-refractivity contribution in [3.8, 4) is 0 Å². The molecule has 1 fully saturated rings. The number of nitrogens with zero attached hydrogens (tertiary/aromatic N) is 1. The maximum atomic E-state index is 11.5. The summed E-state index contributed by atoms with van der Waals surface area (Å²) in [5.74, 6) is 0.772. The van der Waals surface area contributed by atoms with Gasteiger partial charge in [0, 0.05) is 20.0 Å². The third kappa shape index (κ3) is 3.29. The fourth-order valence-corrected chi connectivity index (χ4v) is 1.86. The van der Waals surface area contributed by atoms with Crippen LogP contribution >= 0.6 is 0 Å². The molecule has 0 aromatic rings. The Balaban J connectivity index is 2.14. The molecule has 14 heavy (non-hydrogen) atoms. The van der Waals surface area contributed by atoms with Gasteiger partial charge in [0.15, 0.2) is 0 Å². The maximum absolute atomic E-state index is 11.5. The molecular formula is C11H21NO2.